The zero-order valence-electron chi connectivity index (χ0n) is 10.3. The molecule has 0 aromatic carbocycles. The fourth-order valence-corrected chi connectivity index (χ4v) is 1.69. The number of carbonyl (C=O) groups is 3. The molecule has 0 saturated carbocycles. The molecule has 17 heavy (non-hydrogen) atoms. The zero-order chi connectivity index (χ0) is 13.0. The predicted molar refractivity (Wildman–Crippen MR) is 59.9 cm³/mol. The van der Waals surface area contributed by atoms with Crippen LogP contribution in [-0.4, -0.2) is 37.0 Å². The molecule has 96 valence electrons. The van der Waals surface area contributed by atoms with Gasteiger partial charge in [-0.05, 0) is 12.3 Å². The number of rotatable bonds is 4. The van der Waals surface area contributed by atoms with Crippen molar-refractivity contribution in [2.24, 2.45) is 5.92 Å². The van der Waals surface area contributed by atoms with Gasteiger partial charge in [0.25, 0.3) is 0 Å². The van der Waals surface area contributed by atoms with Crippen molar-refractivity contribution in [1.82, 2.24) is 10.6 Å². The first kappa shape index (κ1) is 13.5. The second-order valence-corrected chi connectivity index (χ2v) is 4.41. The van der Waals surface area contributed by atoms with Crippen LogP contribution in [0, 0.1) is 5.92 Å². The van der Waals surface area contributed by atoms with Gasteiger partial charge in [-0.15, -0.1) is 0 Å². The molecular weight excluding hydrogens is 224 g/mol. The molecule has 2 N–H and O–H groups in total. The van der Waals surface area contributed by atoms with Crippen molar-refractivity contribution in [3.63, 3.8) is 0 Å². The van der Waals surface area contributed by atoms with E-state index in [0.717, 1.165) is 0 Å². The number of hydrogen-bond acceptors (Lipinski definition) is 4. The summed E-state index contributed by atoms with van der Waals surface area (Å²) < 4.78 is 4.62. The van der Waals surface area contributed by atoms with Gasteiger partial charge in [-0.3, -0.25) is 9.59 Å². The highest BCUT2D eigenvalue weighted by molar-refractivity contribution is 5.93. The minimum absolute atomic E-state index is 0.0662. The number of amides is 2. The lowest BCUT2D eigenvalue weighted by molar-refractivity contribution is -0.146. The highest BCUT2D eigenvalue weighted by Gasteiger charge is 2.31. The van der Waals surface area contributed by atoms with Crippen LogP contribution in [0.5, 0.6) is 0 Å². The molecule has 0 bridgehead atoms. The summed E-state index contributed by atoms with van der Waals surface area (Å²) in [7, 11) is 1.28. The molecular formula is C11H18N2O4. The zero-order valence-corrected chi connectivity index (χ0v) is 10.3. The van der Waals surface area contributed by atoms with Gasteiger partial charge in [-0.25, -0.2) is 4.79 Å². The maximum absolute atomic E-state index is 11.8. The molecule has 1 aliphatic rings. The van der Waals surface area contributed by atoms with Gasteiger partial charge in [0.15, 0.2) is 0 Å². The number of methoxy groups -OCH3 is 1. The summed E-state index contributed by atoms with van der Waals surface area (Å²) >= 11 is 0. The highest BCUT2D eigenvalue weighted by atomic mass is 16.5. The number of esters is 1. The van der Waals surface area contributed by atoms with E-state index < -0.39 is 18.1 Å². The quantitative estimate of drug-likeness (QED) is 0.656. The summed E-state index contributed by atoms with van der Waals surface area (Å²) in [6.07, 6.45) is 0.819. The van der Waals surface area contributed by atoms with Crippen LogP contribution in [0.4, 0.5) is 0 Å². The normalized spacial score (nSPS) is 20.9. The van der Waals surface area contributed by atoms with Gasteiger partial charge in [-0.2, -0.15) is 0 Å². The Bertz CT molecular complexity index is 327. The monoisotopic (exact) mass is 242 g/mol. The van der Waals surface area contributed by atoms with Crippen molar-refractivity contribution in [1.29, 1.82) is 0 Å². The maximum atomic E-state index is 11.8. The van der Waals surface area contributed by atoms with E-state index in [2.05, 4.69) is 15.4 Å². The number of hydrogen-bond donors (Lipinski definition) is 2. The van der Waals surface area contributed by atoms with E-state index in [9.17, 15) is 14.4 Å². The van der Waals surface area contributed by atoms with E-state index in [1.807, 2.05) is 13.8 Å². The summed E-state index contributed by atoms with van der Waals surface area (Å²) in [6.45, 7) is 3.63. The van der Waals surface area contributed by atoms with Gasteiger partial charge in [0.1, 0.15) is 12.1 Å². The van der Waals surface area contributed by atoms with Crippen LogP contribution < -0.4 is 10.6 Å². The lowest BCUT2D eigenvalue weighted by Gasteiger charge is -2.21. The minimum atomic E-state index is -0.676. The number of nitrogens with one attached hydrogen (secondary N) is 2. The molecule has 1 rings (SSSR count). The first-order valence-electron chi connectivity index (χ1n) is 5.63. The second kappa shape index (κ2) is 5.65. The smallest absolute Gasteiger partial charge is 0.328 e. The van der Waals surface area contributed by atoms with Gasteiger partial charge in [0, 0.05) is 6.42 Å². The Balaban J connectivity index is 2.58. The SMILES string of the molecule is COC(=O)[C@H](NC(=O)[C@@H]1CCC(=O)N1)C(C)C. The third-order valence-corrected chi connectivity index (χ3v) is 2.73. The first-order valence-corrected chi connectivity index (χ1v) is 5.63. The Hall–Kier alpha value is -1.59. The molecule has 0 aromatic rings. The summed E-state index contributed by atoms with van der Waals surface area (Å²) in [5.41, 5.74) is 0. The largest absolute Gasteiger partial charge is 0.467 e. The Labute approximate surface area is 100 Å². The molecule has 2 atom stereocenters. The Morgan fingerprint density at radius 1 is 1.47 bits per heavy atom. The number of ether oxygens (including phenoxy) is 1. The lowest BCUT2D eigenvalue weighted by atomic mass is 10.0. The molecule has 0 aromatic heterocycles. The van der Waals surface area contributed by atoms with E-state index in [4.69, 9.17) is 0 Å². The van der Waals surface area contributed by atoms with Crippen LogP contribution in [0.1, 0.15) is 26.7 Å². The molecule has 6 nitrogen and oxygen atoms in total. The van der Waals surface area contributed by atoms with Gasteiger partial charge in [0.2, 0.25) is 11.8 Å². The van der Waals surface area contributed by atoms with Crippen molar-refractivity contribution in [2.75, 3.05) is 7.11 Å². The fourth-order valence-electron chi connectivity index (χ4n) is 1.69. The predicted octanol–water partition coefficient (Wildman–Crippen LogP) is -0.421. The van der Waals surface area contributed by atoms with Crippen LogP contribution in [0.25, 0.3) is 0 Å². The Morgan fingerprint density at radius 2 is 2.12 bits per heavy atom. The highest BCUT2D eigenvalue weighted by Crippen LogP contribution is 2.09. The minimum Gasteiger partial charge on any atom is -0.467 e. The van der Waals surface area contributed by atoms with Gasteiger partial charge in [0.05, 0.1) is 7.11 Å². The average Bonchev–Trinajstić information content (AvgIpc) is 2.71. The molecule has 2 amide bonds. The van der Waals surface area contributed by atoms with Crippen LogP contribution in [0.2, 0.25) is 0 Å². The van der Waals surface area contributed by atoms with Crippen molar-refractivity contribution in [3.05, 3.63) is 0 Å². The summed E-state index contributed by atoms with van der Waals surface area (Å²) in [6, 6.07) is -1.21. The van der Waals surface area contributed by atoms with Crippen molar-refractivity contribution in [2.45, 2.75) is 38.8 Å². The van der Waals surface area contributed by atoms with Crippen molar-refractivity contribution >= 4 is 17.8 Å². The fraction of sp³-hybridized carbons (Fsp3) is 0.727. The molecule has 1 heterocycles. The average molecular weight is 242 g/mol. The van der Waals surface area contributed by atoms with Gasteiger partial charge in [-0.1, -0.05) is 13.8 Å². The standard InChI is InChI=1S/C11H18N2O4/c1-6(2)9(11(16)17-3)13-10(15)7-4-5-8(14)12-7/h6-7,9H,4-5H2,1-3H3,(H,12,14)(H,13,15)/t7-,9+/m0/s1. The summed E-state index contributed by atoms with van der Waals surface area (Å²) in [4.78, 5) is 34.2. The van der Waals surface area contributed by atoms with Crippen LogP contribution >= 0.6 is 0 Å². The lowest BCUT2D eigenvalue weighted by Crippen LogP contribution is -2.51. The summed E-state index contributed by atoms with van der Waals surface area (Å²) in [5, 5.41) is 5.15. The first-order chi connectivity index (χ1) is 7.95. The van der Waals surface area contributed by atoms with Gasteiger partial charge >= 0.3 is 5.97 Å². The molecule has 0 unspecified atom stereocenters. The van der Waals surface area contributed by atoms with E-state index in [1.54, 1.807) is 0 Å². The molecule has 1 aliphatic heterocycles. The third kappa shape index (κ3) is 3.44. The Kier molecular flexibility index (Phi) is 4.48. The van der Waals surface area contributed by atoms with Crippen molar-refractivity contribution < 1.29 is 19.1 Å². The van der Waals surface area contributed by atoms with E-state index in [-0.39, 0.29) is 17.7 Å². The second-order valence-electron chi connectivity index (χ2n) is 4.41. The molecule has 0 radical (unpaired) electrons. The van der Waals surface area contributed by atoms with E-state index in [1.165, 1.54) is 7.11 Å². The topological polar surface area (TPSA) is 84.5 Å². The maximum Gasteiger partial charge on any atom is 0.328 e. The number of carbonyl (C=O) groups excluding carboxylic acids is 3. The van der Waals surface area contributed by atoms with Crippen LogP contribution in [0.15, 0.2) is 0 Å². The van der Waals surface area contributed by atoms with Crippen LogP contribution in [0.3, 0.4) is 0 Å². The molecule has 6 heteroatoms. The molecule has 1 fully saturated rings. The Morgan fingerprint density at radius 3 is 2.53 bits per heavy atom. The van der Waals surface area contributed by atoms with E-state index >= 15 is 0 Å². The third-order valence-electron chi connectivity index (χ3n) is 2.73. The van der Waals surface area contributed by atoms with Crippen molar-refractivity contribution in [3.8, 4) is 0 Å². The van der Waals surface area contributed by atoms with Crippen LogP contribution in [-0.2, 0) is 19.1 Å². The van der Waals surface area contributed by atoms with E-state index in [0.29, 0.717) is 12.8 Å². The summed E-state index contributed by atoms with van der Waals surface area (Å²) in [5.74, 6) is -1.01. The van der Waals surface area contributed by atoms with Gasteiger partial charge < -0.3 is 15.4 Å². The molecule has 0 aliphatic carbocycles. The molecule has 1 saturated heterocycles. The molecule has 0 spiro atoms.